The van der Waals surface area contributed by atoms with E-state index >= 15 is 0 Å². The van der Waals surface area contributed by atoms with Gasteiger partial charge in [-0.05, 0) is 50.4 Å². The topological polar surface area (TPSA) is 105 Å². The summed E-state index contributed by atoms with van der Waals surface area (Å²) in [5, 5.41) is 0. The largest absolute Gasteiger partial charge is 0.465 e. The molecule has 2 saturated heterocycles. The molecule has 12 atom stereocenters. The summed E-state index contributed by atoms with van der Waals surface area (Å²) < 4.78 is 21.5. The number of cyclic esters (lactones) is 2. The van der Waals surface area contributed by atoms with Crippen molar-refractivity contribution in [2.24, 2.45) is 59.2 Å². The Morgan fingerprint density at radius 1 is 0.675 bits per heavy atom. The summed E-state index contributed by atoms with van der Waals surface area (Å²) in [5.41, 5.74) is 0. The molecule has 6 rings (SSSR count). The van der Waals surface area contributed by atoms with Gasteiger partial charge in [0.25, 0.3) is 0 Å². The molecule has 2 aliphatic heterocycles. The number of carbonyl (C=O) groups excluding carboxylic acids is 4. The van der Waals surface area contributed by atoms with Crippen molar-refractivity contribution in [2.45, 2.75) is 108 Å². The smallest absolute Gasteiger partial charge is 0.309 e. The number of ether oxygens (including phenoxy) is 4. The zero-order valence-electron chi connectivity index (χ0n) is 21.9. The van der Waals surface area contributed by atoms with Gasteiger partial charge in [0.2, 0.25) is 0 Å². The summed E-state index contributed by atoms with van der Waals surface area (Å²) >= 11 is 0. The highest BCUT2D eigenvalue weighted by atomic mass is 16.6. The van der Waals surface area contributed by atoms with E-state index in [2.05, 4.69) is 0 Å². The van der Waals surface area contributed by atoms with Gasteiger partial charge in [0.15, 0.2) is 0 Å². The molecule has 4 bridgehead atoms. The highest BCUT2D eigenvalue weighted by Crippen LogP contribution is 2.57. The number of fused-ring (bicyclic) bond motifs is 10. The van der Waals surface area contributed by atoms with E-state index < -0.39 is 0 Å². The quantitative estimate of drug-likeness (QED) is 0.280. The minimum Gasteiger partial charge on any atom is -0.465 e. The molecule has 0 aromatic rings. The van der Waals surface area contributed by atoms with Gasteiger partial charge >= 0.3 is 23.9 Å². The van der Waals surface area contributed by atoms with Gasteiger partial charge in [-0.2, -0.15) is 0 Å². The third-order valence-corrected chi connectivity index (χ3v) is 10.2. The number of carbonyl (C=O) groups is 4. The molecule has 0 N–H and O–H groups in total. The summed E-state index contributed by atoms with van der Waals surface area (Å²) in [6.07, 6.45) is 5.41. The standard InChI is InChI=1S/2C14H20O4.4CH4/c1-3-7(2)13(15)18-11-5-8-4-9(11)10-6-17-14(16)12(8)10;1-3-7(2)13(15)18-11-5-8-4-9(11)12-10(8)6-17-14(12)16;;;;/h2*7-12H,3-6H2,1-2H3;4*1H4. The maximum atomic E-state index is 11.8. The molecule has 12 unspecified atom stereocenters. The molecule has 4 aliphatic carbocycles. The Bertz CT molecular complexity index is 901. The van der Waals surface area contributed by atoms with Gasteiger partial charge in [0, 0.05) is 23.7 Å². The van der Waals surface area contributed by atoms with Gasteiger partial charge in [-0.3, -0.25) is 19.2 Å². The fourth-order valence-electron chi connectivity index (χ4n) is 7.71. The zero-order valence-corrected chi connectivity index (χ0v) is 21.9. The molecule has 2 heterocycles. The number of hydrogen-bond acceptors (Lipinski definition) is 8. The van der Waals surface area contributed by atoms with E-state index in [0.717, 1.165) is 38.5 Å². The highest BCUT2D eigenvalue weighted by Gasteiger charge is 2.61. The Labute approximate surface area is 242 Å². The minimum absolute atomic E-state index is 0. The lowest BCUT2D eigenvalue weighted by Crippen LogP contribution is -2.36. The lowest BCUT2D eigenvalue weighted by molar-refractivity contribution is -0.160. The third kappa shape index (κ3) is 6.20. The molecule has 8 heteroatoms. The van der Waals surface area contributed by atoms with E-state index in [1.807, 2.05) is 27.7 Å². The van der Waals surface area contributed by atoms with Crippen LogP contribution in [0.25, 0.3) is 0 Å². The first-order chi connectivity index (χ1) is 17.2. The van der Waals surface area contributed by atoms with Crippen LogP contribution in [0.1, 0.15) is 95.9 Å². The van der Waals surface area contributed by atoms with Crippen LogP contribution in [0.15, 0.2) is 0 Å². The zero-order chi connectivity index (χ0) is 25.7. The van der Waals surface area contributed by atoms with Crippen LogP contribution in [0.3, 0.4) is 0 Å². The van der Waals surface area contributed by atoms with Gasteiger partial charge in [0.1, 0.15) is 12.2 Å². The molecular weight excluding hydrogens is 512 g/mol. The van der Waals surface area contributed by atoms with Crippen LogP contribution in [0.4, 0.5) is 0 Å². The van der Waals surface area contributed by atoms with Crippen molar-refractivity contribution in [2.75, 3.05) is 13.2 Å². The average molecular weight is 569 g/mol. The van der Waals surface area contributed by atoms with Crippen molar-refractivity contribution in [3.05, 3.63) is 0 Å². The Morgan fingerprint density at radius 3 is 1.68 bits per heavy atom. The molecule has 4 saturated carbocycles. The monoisotopic (exact) mass is 568 g/mol. The maximum Gasteiger partial charge on any atom is 0.309 e. The second kappa shape index (κ2) is 14.2. The predicted molar refractivity (Wildman–Crippen MR) is 154 cm³/mol. The molecule has 8 nitrogen and oxygen atoms in total. The average Bonchev–Trinajstić information content (AvgIpc) is 3.69. The lowest BCUT2D eigenvalue weighted by atomic mass is 9.80. The first kappa shape index (κ1) is 35.9. The van der Waals surface area contributed by atoms with Crippen molar-refractivity contribution in [1.82, 2.24) is 0 Å². The van der Waals surface area contributed by atoms with Gasteiger partial charge in [0.05, 0.1) is 36.9 Å². The fraction of sp³-hybridized carbons (Fsp3) is 0.875. The number of rotatable bonds is 6. The first-order valence-electron chi connectivity index (χ1n) is 14.0. The van der Waals surface area contributed by atoms with Gasteiger partial charge < -0.3 is 18.9 Å². The Morgan fingerprint density at radius 2 is 1.12 bits per heavy atom. The summed E-state index contributed by atoms with van der Waals surface area (Å²) in [6, 6.07) is 0. The minimum atomic E-state index is -0.113. The molecule has 0 spiro atoms. The van der Waals surface area contributed by atoms with Crippen LogP contribution in [-0.2, 0) is 38.1 Å². The second-order valence-corrected chi connectivity index (χ2v) is 12.0. The van der Waals surface area contributed by atoms with Crippen molar-refractivity contribution in [3.63, 3.8) is 0 Å². The maximum absolute atomic E-state index is 11.8. The molecular formula is C32H56O8. The van der Waals surface area contributed by atoms with E-state index in [1.165, 1.54) is 0 Å². The summed E-state index contributed by atoms with van der Waals surface area (Å²) in [5.74, 6) is 1.86. The van der Waals surface area contributed by atoms with Crippen LogP contribution in [0.2, 0.25) is 0 Å². The van der Waals surface area contributed by atoms with Gasteiger partial charge in [-0.25, -0.2) is 0 Å². The van der Waals surface area contributed by atoms with E-state index in [9.17, 15) is 19.2 Å². The third-order valence-electron chi connectivity index (χ3n) is 10.2. The fourth-order valence-corrected chi connectivity index (χ4v) is 7.71. The summed E-state index contributed by atoms with van der Waals surface area (Å²) in [6.45, 7) is 8.88. The normalized spacial score (nSPS) is 38.3. The summed E-state index contributed by atoms with van der Waals surface area (Å²) in [7, 11) is 0. The second-order valence-electron chi connectivity index (χ2n) is 12.0. The van der Waals surface area contributed by atoms with Crippen molar-refractivity contribution in [3.8, 4) is 0 Å². The van der Waals surface area contributed by atoms with Gasteiger partial charge in [-0.15, -0.1) is 0 Å². The summed E-state index contributed by atoms with van der Waals surface area (Å²) in [4.78, 5) is 47.0. The van der Waals surface area contributed by atoms with Crippen LogP contribution in [0.5, 0.6) is 0 Å². The molecule has 40 heavy (non-hydrogen) atoms. The van der Waals surface area contributed by atoms with Crippen molar-refractivity contribution in [1.29, 1.82) is 0 Å². The molecule has 6 aliphatic rings. The van der Waals surface area contributed by atoms with Crippen molar-refractivity contribution >= 4 is 23.9 Å². The Kier molecular flexibility index (Phi) is 12.7. The molecule has 0 aromatic heterocycles. The Balaban J connectivity index is 0.000000364. The molecule has 6 fully saturated rings. The molecule has 0 amide bonds. The van der Waals surface area contributed by atoms with Crippen molar-refractivity contribution < 1.29 is 38.1 Å². The van der Waals surface area contributed by atoms with Crippen LogP contribution in [-0.4, -0.2) is 49.3 Å². The van der Waals surface area contributed by atoms with E-state index in [-0.39, 0.29) is 95.4 Å². The number of hydrogen-bond donors (Lipinski definition) is 0. The molecule has 0 aromatic carbocycles. The van der Waals surface area contributed by atoms with Crippen LogP contribution >= 0.6 is 0 Å². The SMILES string of the molecule is C.C.C.C.CCC(C)C(=O)OC1CC2CC1C1C(=O)OCC21.CCC(C)C(=O)OC1CC2CC1C1COC(=O)C21. The first-order valence-corrected chi connectivity index (χ1v) is 14.0. The predicted octanol–water partition coefficient (Wildman–Crippen LogP) is 6.09. The van der Waals surface area contributed by atoms with E-state index in [4.69, 9.17) is 18.9 Å². The lowest BCUT2D eigenvalue weighted by Gasteiger charge is -2.29. The highest BCUT2D eigenvalue weighted by molar-refractivity contribution is 5.77. The molecule has 0 radical (unpaired) electrons. The molecule has 232 valence electrons. The Hall–Kier alpha value is -2.12. The number of esters is 4. The van der Waals surface area contributed by atoms with E-state index in [1.54, 1.807) is 0 Å². The van der Waals surface area contributed by atoms with Gasteiger partial charge in [-0.1, -0.05) is 57.4 Å². The van der Waals surface area contributed by atoms with Crippen LogP contribution in [0, 0.1) is 59.2 Å². The van der Waals surface area contributed by atoms with E-state index in [0.29, 0.717) is 42.8 Å². The van der Waals surface area contributed by atoms with Crippen LogP contribution < -0.4 is 0 Å².